The van der Waals surface area contributed by atoms with E-state index in [2.05, 4.69) is 21.4 Å². The standard InChI is InChI=1S/C22H21N5O/c1-28-16-6-4-15(5-7-16)21-17(12-20-19(26-21)9-10-23-20)18-8-11-24-22(27-18)25-13-14-2-3-14/h4-12,14,23H,2-3,13H2,1H3,(H,24,25,27). The molecule has 4 aromatic rings. The Morgan fingerprint density at radius 2 is 1.96 bits per heavy atom. The predicted octanol–water partition coefficient (Wildman–Crippen LogP) is 4.52. The fourth-order valence-electron chi connectivity index (χ4n) is 3.30. The Bertz CT molecular complexity index is 1120. The molecule has 0 amide bonds. The summed E-state index contributed by atoms with van der Waals surface area (Å²) < 4.78 is 5.29. The highest BCUT2D eigenvalue weighted by molar-refractivity contribution is 5.89. The molecule has 1 aliphatic carbocycles. The summed E-state index contributed by atoms with van der Waals surface area (Å²) in [5.74, 6) is 2.25. The molecular weight excluding hydrogens is 350 g/mol. The van der Waals surface area contributed by atoms with Crippen molar-refractivity contribution in [2.75, 3.05) is 19.0 Å². The van der Waals surface area contributed by atoms with E-state index in [1.165, 1.54) is 12.8 Å². The minimum atomic E-state index is 0.664. The van der Waals surface area contributed by atoms with Gasteiger partial charge in [0.05, 0.1) is 29.5 Å². The van der Waals surface area contributed by atoms with Crippen LogP contribution < -0.4 is 10.1 Å². The summed E-state index contributed by atoms with van der Waals surface area (Å²) in [4.78, 5) is 17.3. The monoisotopic (exact) mass is 371 g/mol. The highest BCUT2D eigenvalue weighted by Crippen LogP contribution is 2.33. The molecule has 0 radical (unpaired) electrons. The second kappa shape index (κ2) is 6.96. The SMILES string of the molecule is COc1ccc(-c2nc3cc[nH]c3cc2-c2ccnc(NCC3CC3)n2)cc1. The molecule has 1 fully saturated rings. The summed E-state index contributed by atoms with van der Waals surface area (Å²) >= 11 is 0. The Balaban J connectivity index is 1.59. The molecule has 5 rings (SSSR count). The van der Waals surface area contributed by atoms with Crippen molar-refractivity contribution in [2.45, 2.75) is 12.8 Å². The number of fused-ring (bicyclic) bond motifs is 1. The van der Waals surface area contributed by atoms with Crippen molar-refractivity contribution >= 4 is 17.0 Å². The number of anilines is 1. The van der Waals surface area contributed by atoms with Crippen LogP contribution in [-0.2, 0) is 0 Å². The largest absolute Gasteiger partial charge is 0.497 e. The molecule has 0 spiro atoms. The summed E-state index contributed by atoms with van der Waals surface area (Å²) in [7, 11) is 1.67. The molecule has 1 saturated carbocycles. The number of hydrogen-bond donors (Lipinski definition) is 2. The van der Waals surface area contributed by atoms with Crippen molar-refractivity contribution < 1.29 is 4.74 Å². The van der Waals surface area contributed by atoms with Crippen LogP contribution in [0.15, 0.2) is 54.9 Å². The summed E-state index contributed by atoms with van der Waals surface area (Å²) in [6.07, 6.45) is 6.29. The average Bonchev–Trinajstić information content (AvgIpc) is 3.47. The van der Waals surface area contributed by atoms with Crippen molar-refractivity contribution in [3.8, 4) is 28.3 Å². The molecule has 0 atom stereocenters. The molecule has 0 bridgehead atoms. The van der Waals surface area contributed by atoms with Crippen molar-refractivity contribution in [1.29, 1.82) is 0 Å². The maximum Gasteiger partial charge on any atom is 0.223 e. The number of benzene rings is 1. The van der Waals surface area contributed by atoms with Gasteiger partial charge in [-0.15, -0.1) is 0 Å². The molecule has 28 heavy (non-hydrogen) atoms. The third kappa shape index (κ3) is 3.29. The molecule has 1 aliphatic rings. The molecule has 2 N–H and O–H groups in total. The van der Waals surface area contributed by atoms with Crippen LogP contribution in [0.2, 0.25) is 0 Å². The fraction of sp³-hybridized carbons (Fsp3) is 0.227. The van der Waals surface area contributed by atoms with Crippen LogP contribution in [0.25, 0.3) is 33.5 Å². The van der Waals surface area contributed by atoms with Gasteiger partial charge >= 0.3 is 0 Å². The average molecular weight is 371 g/mol. The van der Waals surface area contributed by atoms with Gasteiger partial charge in [-0.2, -0.15) is 0 Å². The van der Waals surface area contributed by atoms with E-state index in [9.17, 15) is 0 Å². The van der Waals surface area contributed by atoms with E-state index in [4.69, 9.17) is 14.7 Å². The zero-order valence-corrected chi connectivity index (χ0v) is 15.6. The zero-order chi connectivity index (χ0) is 18.9. The van der Waals surface area contributed by atoms with Gasteiger partial charge in [0.2, 0.25) is 5.95 Å². The number of aromatic amines is 1. The van der Waals surface area contributed by atoms with Crippen LogP contribution in [-0.4, -0.2) is 33.6 Å². The van der Waals surface area contributed by atoms with Crippen LogP contribution in [0.5, 0.6) is 5.75 Å². The van der Waals surface area contributed by atoms with Gasteiger partial charge in [-0.05, 0) is 61.2 Å². The van der Waals surface area contributed by atoms with Crippen LogP contribution in [0.1, 0.15) is 12.8 Å². The lowest BCUT2D eigenvalue weighted by Gasteiger charge is -2.11. The third-order valence-electron chi connectivity index (χ3n) is 5.07. The lowest BCUT2D eigenvalue weighted by molar-refractivity contribution is 0.415. The Hall–Kier alpha value is -3.41. The van der Waals surface area contributed by atoms with Gasteiger partial charge in [0.1, 0.15) is 5.75 Å². The topological polar surface area (TPSA) is 75.7 Å². The minimum Gasteiger partial charge on any atom is -0.497 e. The maximum atomic E-state index is 5.29. The summed E-state index contributed by atoms with van der Waals surface area (Å²) in [5.41, 5.74) is 5.64. The van der Waals surface area contributed by atoms with Gasteiger partial charge in [-0.25, -0.2) is 15.0 Å². The number of aromatic nitrogens is 4. The molecular formula is C22H21N5O. The second-order valence-corrected chi connectivity index (χ2v) is 7.11. The fourth-order valence-corrected chi connectivity index (χ4v) is 3.30. The van der Waals surface area contributed by atoms with Crippen LogP contribution in [0.3, 0.4) is 0 Å². The molecule has 140 valence electrons. The molecule has 6 heteroatoms. The molecule has 0 aliphatic heterocycles. The summed E-state index contributed by atoms with van der Waals surface area (Å²) in [6.45, 7) is 0.933. The Kier molecular flexibility index (Phi) is 4.16. The number of ether oxygens (including phenoxy) is 1. The number of nitrogens with one attached hydrogen (secondary N) is 2. The highest BCUT2D eigenvalue weighted by atomic mass is 16.5. The van der Waals surface area contributed by atoms with E-state index >= 15 is 0 Å². The van der Waals surface area contributed by atoms with Crippen molar-refractivity contribution in [3.05, 3.63) is 54.9 Å². The normalized spacial score (nSPS) is 13.6. The Labute approximate surface area is 163 Å². The second-order valence-electron chi connectivity index (χ2n) is 7.11. The minimum absolute atomic E-state index is 0.664. The van der Waals surface area contributed by atoms with E-state index in [1.54, 1.807) is 13.3 Å². The number of nitrogens with zero attached hydrogens (tertiary/aromatic N) is 3. The summed E-state index contributed by atoms with van der Waals surface area (Å²) in [6, 6.07) is 14.0. The first-order valence-corrected chi connectivity index (χ1v) is 9.50. The summed E-state index contributed by atoms with van der Waals surface area (Å²) in [5, 5.41) is 3.36. The highest BCUT2D eigenvalue weighted by Gasteiger charge is 2.21. The predicted molar refractivity (Wildman–Crippen MR) is 110 cm³/mol. The van der Waals surface area contributed by atoms with Crippen molar-refractivity contribution in [3.63, 3.8) is 0 Å². The number of H-pyrrole nitrogens is 1. The Morgan fingerprint density at radius 3 is 2.75 bits per heavy atom. The smallest absolute Gasteiger partial charge is 0.223 e. The molecule has 1 aromatic carbocycles. The molecule has 3 aromatic heterocycles. The molecule has 0 saturated heterocycles. The van der Waals surface area contributed by atoms with Gasteiger partial charge in [0, 0.05) is 30.1 Å². The quantitative estimate of drug-likeness (QED) is 0.521. The van der Waals surface area contributed by atoms with Gasteiger partial charge in [0.15, 0.2) is 0 Å². The van der Waals surface area contributed by atoms with Crippen molar-refractivity contribution in [2.24, 2.45) is 5.92 Å². The zero-order valence-electron chi connectivity index (χ0n) is 15.6. The number of methoxy groups -OCH3 is 1. The van der Waals surface area contributed by atoms with Crippen LogP contribution in [0.4, 0.5) is 5.95 Å². The van der Waals surface area contributed by atoms with Crippen molar-refractivity contribution in [1.82, 2.24) is 19.9 Å². The van der Waals surface area contributed by atoms with E-state index in [0.29, 0.717) is 5.95 Å². The number of pyridine rings is 1. The Morgan fingerprint density at radius 1 is 1.11 bits per heavy atom. The van der Waals surface area contributed by atoms with Gasteiger partial charge in [0.25, 0.3) is 0 Å². The molecule has 0 unspecified atom stereocenters. The number of rotatable bonds is 6. The van der Waals surface area contributed by atoms with Gasteiger partial charge in [-0.1, -0.05) is 0 Å². The van der Waals surface area contributed by atoms with Gasteiger partial charge < -0.3 is 15.0 Å². The van der Waals surface area contributed by atoms with E-state index in [1.807, 2.05) is 42.6 Å². The first-order valence-electron chi connectivity index (χ1n) is 9.50. The molecule has 3 heterocycles. The van der Waals surface area contributed by atoms with Crippen LogP contribution in [0, 0.1) is 5.92 Å². The lowest BCUT2D eigenvalue weighted by Crippen LogP contribution is -2.07. The molecule has 6 nitrogen and oxygen atoms in total. The first kappa shape index (κ1) is 16.7. The van der Waals surface area contributed by atoms with Gasteiger partial charge in [-0.3, -0.25) is 0 Å². The number of hydrogen-bond acceptors (Lipinski definition) is 5. The van der Waals surface area contributed by atoms with E-state index < -0.39 is 0 Å². The van der Waals surface area contributed by atoms with E-state index in [0.717, 1.165) is 51.8 Å². The third-order valence-corrected chi connectivity index (χ3v) is 5.07. The first-order chi connectivity index (χ1) is 13.8. The van der Waals surface area contributed by atoms with Crippen LogP contribution >= 0.6 is 0 Å². The van der Waals surface area contributed by atoms with E-state index in [-0.39, 0.29) is 0 Å². The lowest BCUT2D eigenvalue weighted by atomic mass is 10.0. The maximum absolute atomic E-state index is 5.29.